The van der Waals surface area contributed by atoms with Gasteiger partial charge in [-0.2, -0.15) is 0 Å². The van der Waals surface area contributed by atoms with Gasteiger partial charge in [-0.15, -0.1) is 0 Å². The lowest BCUT2D eigenvalue weighted by molar-refractivity contribution is -0.142. The summed E-state index contributed by atoms with van der Waals surface area (Å²) in [4.78, 5) is 22.5. The molecular weight excluding hydrogens is 120 g/mol. The van der Waals surface area contributed by atoms with Crippen LogP contribution >= 0.6 is 0 Å². The van der Waals surface area contributed by atoms with Gasteiger partial charge in [0.25, 0.3) is 5.91 Å². The predicted molar refractivity (Wildman–Crippen MR) is 34.0 cm³/mol. The molecule has 0 saturated carbocycles. The van der Waals surface area contributed by atoms with Crippen molar-refractivity contribution in [2.75, 3.05) is 14.1 Å². The molecule has 3 heteroatoms. The van der Waals surface area contributed by atoms with Gasteiger partial charge in [0.15, 0.2) is 0 Å². The average Bonchev–Trinajstić information content (AvgIpc) is 1.84. The number of carbonyl (C=O) groups excluding carboxylic acids is 2. The zero-order valence-corrected chi connectivity index (χ0v) is 5.97. The molecule has 9 heavy (non-hydrogen) atoms. The summed E-state index contributed by atoms with van der Waals surface area (Å²) in [5.74, 6) is -0.752. The predicted octanol–water partition coefficient (Wildman–Crippen LogP) is 0.0537. The Morgan fingerprint density at radius 3 is 1.89 bits per heavy atom. The van der Waals surface area contributed by atoms with Crippen LogP contribution in [0.5, 0.6) is 0 Å². The third kappa shape index (κ3) is 2.26. The summed E-state index contributed by atoms with van der Waals surface area (Å²) in [7, 11) is 3.13. The third-order valence-electron chi connectivity index (χ3n) is 0.966. The lowest BCUT2D eigenvalue weighted by atomic mass is 10.7. The van der Waals surface area contributed by atoms with Gasteiger partial charge < -0.3 is 4.90 Å². The molecule has 0 aliphatic heterocycles. The second kappa shape index (κ2) is 3.22. The molecule has 0 saturated heterocycles. The molecule has 0 spiro atoms. The summed E-state index contributed by atoms with van der Waals surface area (Å²) in [6.07, 6.45) is 0.289. The first-order chi connectivity index (χ1) is 4.09. The van der Waals surface area contributed by atoms with Crippen molar-refractivity contribution in [2.45, 2.75) is 13.3 Å². The van der Waals surface area contributed by atoms with Crippen molar-refractivity contribution in [2.24, 2.45) is 0 Å². The molecule has 0 aliphatic rings. The highest BCUT2D eigenvalue weighted by Gasteiger charge is 2.11. The number of Topliss-reactive ketones (excluding diaryl/α,β-unsaturated/α-hetero) is 1. The number of hydrogen-bond acceptors (Lipinski definition) is 2. The number of carbonyl (C=O) groups is 2. The molecule has 0 radical (unpaired) electrons. The second-order valence-electron chi connectivity index (χ2n) is 1.98. The second-order valence-corrected chi connectivity index (χ2v) is 1.98. The van der Waals surface area contributed by atoms with Crippen LogP contribution in [-0.4, -0.2) is 30.7 Å². The molecule has 0 rings (SSSR count). The highest BCUT2D eigenvalue weighted by atomic mass is 16.3. The van der Waals surface area contributed by atoms with E-state index >= 15 is 0 Å². The van der Waals surface area contributed by atoms with Crippen LogP contribution in [0, 0.1) is 0 Å². The Bertz CT molecular complexity index is 129. The smallest absolute Gasteiger partial charge is 0.289 e. The van der Waals surface area contributed by atoms with Crippen LogP contribution in [0.1, 0.15) is 13.3 Å². The molecule has 0 aromatic rings. The molecule has 0 bridgehead atoms. The van der Waals surface area contributed by atoms with Gasteiger partial charge in [-0.25, -0.2) is 0 Å². The van der Waals surface area contributed by atoms with Gasteiger partial charge in [0, 0.05) is 20.5 Å². The van der Waals surface area contributed by atoms with Crippen LogP contribution in [0.4, 0.5) is 0 Å². The first kappa shape index (κ1) is 8.14. The fraction of sp³-hybridized carbons (Fsp3) is 0.667. The highest BCUT2D eigenvalue weighted by molar-refractivity contribution is 6.35. The molecule has 0 atom stereocenters. The van der Waals surface area contributed by atoms with Gasteiger partial charge in [-0.3, -0.25) is 9.59 Å². The van der Waals surface area contributed by atoms with E-state index in [9.17, 15) is 9.59 Å². The number of amides is 1. The quantitative estimate of drug-likeness (QED) is 0.392. The van der Waals surface area contributed by atoms with Crippen LogP contribution in [0.3, 0.4) is 0 Å². The molecule has 52 valence electrons. The van der Waals surface area contributed by atoms with Crippen molar-refractivity contribution in [3.63, 3.8) is 0 Å². The van der Waals surface area contributed by atoms with Crippen molar-refractivity contribution in [1.82, 2.24) is 4.90 Å². The molecule has 0 aliphatic carbocycles. The fourth-order valence-electron chi connectivity index (χ4n) is 0.401. The number of likely N-dealkylation sites (N-methyl/N-ethyl adjacent to an activating group) is 1. The van der Waals surface area contributed by atoms with Gasteiger partial charge in [0.1, 0.15) is 0 Å². The van der Waals surface area contributed by atoms with Crippen LogP contribution in [0.2, 0.25) is 0 Å². The molecule has 0 unspecified atom stereocenters. The summed E-state index contributed by atoms with van der Waals surface area (Å²) in [6, 6.07) is 0. The average molecular weight is 131 g/mol. The Morgan fingerprint density at radius 1 is 1.33 bits per heavy atom. The van der Waals surface area contributed by atoms with Crippen molar-refractivity contribution >= 4 is 11.7 Å². The molecule has 0 fully saturated rings. The van der Waals surface area contributed by atoms with Gasteiger partial charge in [0.2, 0.25) is 5.78 Å². The minimum absolute atomic E-state index is 0.289. The van der Waals surface area contributed by atoms with Crippen LogP contribution in [0.15, 0.2) is 0 Å². The first-order valence-electron chi connectivity index (χ1n) is 2.84. The van der Waals surface area contributed by atoms with E-state index in [1.807, 2.05) is 0 Å². The molecule has 0 aromatic heterocycles. The van der Waals surface area contributed by atoms with Gasteiger partial charge >= 0.3 is 0 Å². The molecule has 0 N–H and O–H groups in total. The standard InChI is InChI=1S/C6H11NO2/c1-4-5(8)6(9)7(2)3/h4H2,1-3H3/i5+1,6+1. The largest absolute Gasteiger partial charge is 0.342 e. The molecule has 0 aromatic carbocycles. The number of nitrogens with zero attached hydrogens (tertiary/aromatic N) is 1. The maximum absolute atomic E-state index is 10.7. The summed E-state index contributed by atoms with van der Waals surface area (Å²) in [5, 5.41) is 0. The Morgan fingerprint density at radius 2 is 1.78 bits per heavy atom. The maximum atomic E-state index is 10.7. The SMILES string of the molecule is CC[13C](=O)[13C](=O)N(C)C. The van der Waals surface area contributed by atoms with E-state index in [0.717, 1.165) is 0 Å². The zero-order valence-electron chi connectivity index (χ0n) is 5.97. The molecule has 1 amide bonds. The van der Waals surface area contributed by atoms with E-state index in [1.165, 1.54) is 4.90 Å². The Balaban J connectivity index is 3.89. The third-order valence-corrected chi connectivity index (χ3v) is 0.966. The van der Waals surface area contributed by atoms with Gasteiger partial charge in [-0.1, -0.05) is 6.92 Å². The monoisotopic (exact) mass is 131 g/mol. The van der Waals surface area contributed by atoms with E-state index in [-0.39, 0.29) is 12.2 Å². The van der Waals surface area contributed by atoms with Crippen LogP contribution < -0.4 is 0 Å². The summed E-state index contributed by atoms with van der Waals surface area (Å²) in [6.45, 7) is 1.67. The number of ketones is 1. The first-order valence-corrected chi connectivity index (χ1v) is 2.84. The summed E-state index contributed by atoms with van der Waals surface area (Å²) < 4.78 is 0. The Labute approximate surface area is 54.6 Å². The Hall–Kier alpha value is -0.860. The van der Waals surface area contributed by atoms with E-state index in [1.54, 1.807) is 21.0 Å². The van der Waals surface area contributed by atoms with E-state index in [0.29, 0.717) is 0 Å². The summed E-state index contributed by atoms with van der Waals surface area (Å²) in [5.41, 5.74) is 0. The van der Waals surface area contributed by atoms with Crippen molar-refractivity contribution in [3.05, 3.63) is 0 Å². The van der Waals surface area contributed by atoms with Crippen LogP contribution in [0.25, 0.3) is 0 Å². The van der Waals surface area contributed by atoms with Gasteiger partial charge in [-0.05, 0) is 0 Å². The topological polar surface area (TPSA) is 37.4 Å². The lowest BCUT2D eigenvalue weighted by Crippen LogP contribution is -2.29. The highest BCUT2D eigenvalue weighted by Crippen LogP contribution is 1.85. The molecule has 3 nitrogen and oxygen atoms in total. The lowest BCUT2D eigenvalue weighted by Gasteiger charge is -2.06. The van der Waals surface area contributed by atoms with Crippen LogP contribution in [-0.2, 0) is 9.59 Å². The summed E-state index contributed by atoms with van der Waals surface area (Å²) >= 11 is 0. The van der Waals surface area contributed by atoms with Crippen molar-refractivity contribution < 1.29 is 9.59 Å². The van der Waals surface area contributed by atoms with Crippen molar-refractivity contribution in [3.8, 4) is 0 Å². The van der Waals surface area contributed by atoms with Gasteiger partial charge in [0.05, 0.1) is 0 Å². The minimum atomic E-state index is -0.419. The number of hydrogen-bond donors (Lipinski definition) is 0. The fourth-order valence-corrected chi connectivity index (χ4v) is 0.401. The minimum Gasteiger partial charge on any atom is -0.342 e. The van der Waals surface area contributed by atoms with Crippen molar-refractivity contribution in [1.29, 1.82) is 0 Å². The molecule has 0 heterocycles. The maximum Gasteiger partial charge on any atom is 0.289 e. The normalized spacial score (nSPS) is 8.78. The zero-order chi connectivity index (χ0) is 7.44. The number of rotatable bonds is 2. The molecular formula is C6H11NO2. The van der Waals surface area contributed by atoms with E-state index in [2.05, 4.69) is 0 Å². The van der Waals surface area contributed by atoms with E-state index in [4.69, 9.17) is 0 Å². The van der Waals surface area contributed by atoms with E-state index < -0.39 is 5.91 Å². The Kier molecular flexibility index (Phi) is 2.91.